The van der Waals surface area contributed by atoms with E-state index < -0.39 is 6.36 Å². The first-order valence-electron chi connectivity index (χ1n) is 14.0. The SMILES string of the molecule is Cc1cs/c(=N\C(=O)NCCCc2ccc(-c3ncn(-c4ccc(OC(F)(F)F)cc4)n3)cc2)n1-c1ccccc1C(C)C. The monoisotopic (exact) mass is 620 g/mol. The van der Waals surface area contributed by atoms with E-state index in [9.17, 15) is 18.0 Å². The molecule has 5 rings (SSSR count). The minimum absolute atomic E-state index is 0.305. The van der Waals surface area contributed by atoms with Crippen LogP contribution in [0.4, 0.5) is 18.0 Å². The molecule has 228 valence electrons. The van der Waals surface area contributed by atoms with Crippen LogP contribution in [0, 0.1) is 6.92 Å². The molecule has 0 unspecified atom stereocenters. The number of rotatable bonds is 9. The summed E-state index contributed by atoms with van der Waals surface area (Å²) in [6, 6.07) is 21.0. The van der Waals surface area contributed by atoms with Crippen molar-refractivity contribution in [3.63, 3.8) is 0 Å². The van der Waals surface area contributed by atoms with Crippen LogP contribution in [0.3, 0.4) is 0 Å². The number of ether oxygens (including phenoxy) is 1. The number of benzene rings is 3. The Kier molecular flexibility index (Phi) is 9.29. The molecular weight excluding hydrogens is 589 g/mol. The fourth-order valence-corrected chi connectivity index (χ4v) is 5.56. The molecule has 2 amide bonds. The number of aryl methyl sites for hydroxylation is 2. The second-order valence-electron chi connectivity index (χ2n) is 10.4. The highest BCUT2D eigenvalue weighted by atomic mass is 32.1. The van der Waals surface area contributed by atoms with Gasteiger partial charge in [-0.15, -0.1) is 29.6 Å². The summed E-state index contributed by atoms with van der Waals surface area (Å²) in [7, 11) is 0. The molecule has 0 saturated carbocycles. The van der Waals surface area contributed by atoms with Gasteiger partial charge in [0.1, 0.15) is 12.1 Å². The number of halogens is 3. The van der Waals surface area contributed by atoms with Crippen molar-refractivity contribution in [1.82, 2.24) is 24.6 Å². The number of carbonyl (C=O) groups excluding carboxylic acids is 1. The Balaban J connectivity index is 1.15. The summed E-state index contributed by atoms with van der Waals surface area (Å²) in [6.07, 6.45) is -1.75. The molecule has 2 aromatic heterocycles. The molecule has 2 heterocycles. The average Bonchev–Trinajstić information content (AvgIpc) is 3.62. The third-order valence-corrected chi connectivity index (χ3v) is 7.78. The van der Waals surface area contributed by atoms with Crippen LogP contribution >= 0.6 is 11.3 Å². The van der Waals surface area contributed by atoms with Crippen molar-refractivity contribution in [3.05, 3.63) is 106 Å². The Morgan fingerprint density at radius 1 is 1.05 bits per heavy atom. The number of urea groups is 1. The summed E-state index contributed by atoms with van der Waals surface area (Å²) < 4.78 is 44.6. The first-order chi connectivity index (χ1) is 21.1. The minimum atomic E-state index is -4.74. The van der Waals surface area contributed by atoms with E-state index in [1.54, 1.807) is 0 Å². The molecule has 0 fully saturated rings. The minimum Gasteiger partial charge on any atom is -0.406 e. The summed E-state index contributed by atoms with van der Waals surface area (Å²) in [5, 5.41) is 9.34. The van der Waals surface area contributed by atoms with E-state index in [0.717, 1.165) is 35.3 Å². The van der Waals surface area contributed by atoms with Crippen LogP contribution in [-0.2, 0) is 6.42 Å². The second-order valence-corrected chi connectivity index (χ2v) is 11.2. The molecule has 0 radical (unpaired) electrons. The van der Waals surface area contributed by atoms with Gasteiger partial charge in [-0.2, -0.15) is 4.99 Å². The largest absolute Gasteiger partial charge is 0.573 e. The normalized spacial score (nSPS) is 12.1. The van der Waals surface area contributed by atoms with Gasteiger partial charge in [0.25, 0.3) is 0 Å². The fourth-order valence-electron chi connectivity index (χ4n) is 4.70. The van der Waals surface area contributed by atoms with Gasteiger partial charge in [-0.1, -0.05) is 56.3 Å². The fraction of sp³-hybridized carbons (Fsp3) is 0.250. The van der Waals surface area contributed by atoms with Crippen LogP contribution in [0.1, 0.15) is 43.0 Å². The van der Waals surface area contributed by atoms with Gasteiger partial charge in [0, 0.05) is 23.2 Å². The predicted octanol–water partition coefficient (Wildman–Crippen LogP) is 7.36. The van der Waals surface area contributed by atoms with E-state index in [0.29, 0.717) is 28.8 Å². The van der Waals surface area contributed by atoms with E-state index in [1.165, 1.54) is 52.2 Å². The lowest BCUT2D eigenvalue weighted by atomic mass is 10.0. The molecule has 0 aliphatic carbocycles. The lowest BCUT2D eigenvalue weighted by molar-refractivity contribution is -0.274. The lowest BCUT2D eigenvalue weighted by Crippen LogP contribution is -2.26. The molecule has 1 N–H and O–H groups in total. The van der Waals surface area contributed by atoms with Crippen LogP contribution in [0.25, 0.3) is 22.8 Å². The van der Waals surface area contributed by atoms with Crippen molar-refractivity contribution in [2.45, 2.75) is 45.9 Å². The molecule has 0 atom stereocenters. The summed E-state index contributed by atoms with van der Waals surface area (Å²) in [5.41, 5.74) is 5.69. The molecular formula is C32H31F3N6O2S. The Hall–Kier alpha value is -4.71. The number of para-hydroxylation sites is 1. The molecule has 3 aromatic carbocycles. The van der Waals surface area contributed by atoms with Crippen molar-refractivity contribution >= 4 is 17.4 Å². The Morgan fingerprint density at radius 2 is 1.77 bits per heavy atom. The summed E-state index contributed by atoms with van der Waals surface area (Å²) in [6.45, 7) is 6.79. The van der Waals surface area contributed by atoms with Crippen LogP contribution in [0.5, 0.6) is 5.75 Å². The zero-order chi connectivity index (χ0) is 31.3. The van der Waals surface area contributed by atoms with Gasteiger partial charge in [0.15, 0.2) is 10.6 Å². The summed E-state index contributed by atoms with van der Waals surface area (Å²) in [5.74, 6) is 0.511. The molecule has 5 aromatic rings. The topological polar surface area (TPSA) is 86.3 Å². The zero-order valence-electron chi connectivity index (χ0n) is 24.4. The molecule has 44 heavy (non-hydrogen) atoms. The maximum Gasteiger partial charge on any atom is 0.573 e. The maximum atomic E-state index is 12.7. The van der Waals surface area contributed by atoms with E-state index >= 15 is 0 Å². The number of thiazole rings is 1. The highest BCUT2D eigenvalue weighted by molar-refractivity contribution is 7.07. The van der Waals surface area contributed by atoms with Crippen molar-refractivity contribution in [2.75, 3.05) is 6.54 Å². The summed E-state index contributed by atoms with van der Waals surface area (Å²) >= 11 is 1.44. The van der Waals surface area contributed by atoms with Gasteiger partial charge in [-0.05, 0) is 67.1 Å². The van der Waals surface area contributed by atoms with Crippen LogP contribution in [-0.4, -0.2) is 38.3 Å². The highest BCUT2D eigenvalue weighted by Gasteiger charge is 2.31. The molecule has 0 saturated heterocycles. The Bertz CT molecular complexity index is 1790. The maximum absolute atomic E-state index is 12.7. The first kappa shape index (κ1) is 30.7. The molecule has 0 spiro atoms. The van der Waals surface area contributed by atoms with Gasteiger partial charge >= 0.3 is 12.4 Å². The number of amides is 2. The Morgan fingerprint density at radius 3 is 2.48 bits per heavy atom. The molecule has 0 aliphatic heterocycles. The number of nitrogens with zero attached hydrogens (tertiary/aromatic N) is 5. The van der Waals surface area contributed by atoms with Gasteiger partial charge in [0.05, 0.1) is 11.4 Å². The standard InChI is InChI=1S/C32H31F3N6O2S/c1-21(2)27-8-4-5-9-28(27)41-22(3)19-44-31(41)38-30(42)36-18-6-7-23-10-12-24(13-11-23)29-37-20-40(39-29)25-14-16-26(17-15-25)43-32(33,34)35/h4-5,8-17,19-21H,6-7,18H2,1-3H3,(H,36,42)/b38-31-. The highest BCUT2D eigenvalue weighted by Crippen LogP contribution is 2.25. The number of alkyl halides is 3. The predicted molar refractivity (Wildman–Crippen MR) is 163 cm³/mol. The number of nitrogens with one attached hydrogen (secondary N) is 1. The number of hydrogen-bond acceptors (Lipinski definition) is 5. The van der Waals surface area contributed by atoms with Crippen LogP contribution < -0.4 is 14.9 Å². The number of carbonyl (C=O) groups is 1. The van der Waals surface area contributed by atoms with Gasteiger partial charge in [0.2, 0.25) is 0 Å². The average molecular weight is 621 g/mol. The van der Waals surface area contributed by atoms with Crippen molar-refractivity contribution in [1.29, 1.82) is 0 Å². The molecule has 8 nitrogen and oxygen atoms in total. The number of aromatic nitrogens is 4. The third kappa shape index (κ3) is 7.62. The van der Waals surface area contributed by atoms with Crippen molar-refractivity contribution in [3.8, 4) is 28.5 Å². The van der Waals surface area contributed by atoms with Crippen molar-refractivity contribution < 1.29 is 22.7 Å². The van der Waals surface area contributed by atoms with Crippen LogP contribution in [0.15, 0.2) is 89.5 Å². The van der Waals surface area contributed by atoms with Crippen LogP contribution in [0.2, 0.25) is 0 Å². The van der Waals surface area contributed by atoms with E-state index in [-0.39, 0.29) is 11.8 Å². The molecule has 12 heteroatoms. The van der Waals surface area contributed by atoms with Gasteiger partial charge in [-0.25, -0.2) is 14.5 Å². The Labute approximate surface area is 256 Å². The molecule has 0 bridgehead atoms. The van der Waals surface area contributed by atoms with Crippen molar-refractivity contribution in [2.24, 2.45) is 4.99 Å². The smallest absolute Gasteiger partial charge is 0.406 e. The van der Waals surface area contributed by atoms with Gasteiger partial charge in [-0.3, -0.25) is 4.57 Å². The second kappa shape index (κ2) is 13.3. The van der Waals surface area contributed by atoms with Gasteiger partial charge < -0.3 is 10.1 Å². The van der Waals surface area contributed by atoms with E-state index in [2.05, 4.69) is 51.1 Å². The number of hydrogen-bond donors (Lipinski definition) is 1. The lowest BCUT2D eigenvalue weighted by Gasteiger charge is -2.14. The summed E-state index contributed by atoms with van der Waals surface area (Å²) in [4.78, 5) is 22.0. The first-order valence-corrected chi connectivity index (χ1v) is 14.9. The van der Waals surface area contributed by atoms with E-state index in [1.807, 2.05) is 53.3 Å². The third-order valence-electron chi connectivity index (χ3n) is 6.83. The quantitative estimate of drug-likeness (QED) is 0.175. The molecule has 0 aliphatic rings. The van der Waals surface area contributed by atoms with E-state index in [4.69, 9.17) is 0 Å². The zero-order valence-corrected chi connectivity index (χ0v) is 25.2.